The predicted molar refractivity (Wildman–Crippen MR) is 79.4 cm³/mol. The van der Waals surface area contributed by atoms with Gasteiger partial charge in [0, 0.05) is 10.5 Å². The van der Waals surface area contributed by atoms with E-state index in [-0.39, 0.29) is 17.9 Å². The van der Waals surface area contributed by atoms with Gasteiger partial charge in [-0.25, -0.2) is 0 Å². The van der Waals surface area contributed by atoms with Crippen LogP contribution in [0.2, 0.25) is 0 Å². The van der Waals surface area contributed by atoms with E-state index >= 15 is 0 Å². The summed E-state index contributed by atoms with van der Waals surface area (Å²) in [6, 6.07) is 7.77. The SMILES string of the molecule is O=C(Cc1ccccc1Br)NC1CCC(C(=O)O)CC1. The summed E-state index contributed by atoms with van der Waals surface area (Å²) < 4.78 is 0.935. The number of rotatable bonds is 4. The van der Waals surface area contributed by atoms with Crippen LogP contribution >= 0.6 is 15.9 Å². The molecule has 1 saturated carbocycles. The monoisotopic (exact) mass is 339 g/mol. The van der Waals surface area contributed by atoms with Crippen LogP contribution in [0.1, 0.15) is 31.2 Å². The molecule has 0 unspecified atom stereocenters. The molecule has 4 nitrogen and oxygen atoms in total. The van der Waals surface area contributed by atoms with E-state index in [1.54, 1.807) is 0 Å². The molecule has 0 spiro atoms. The number of carboxylic acids is 1. The summed E-state index contributed by atoms with van der Waals surface area (Å²) >= 11 is 3.43. The van der Waals surface area contributed by atoms with Gasteiger partial charge in [-0.3, -0.25) is 9.59 Å². The van der Waals surface area contributed by atoms with Gasteiger partial charge in [-0.05, 0) is 37.3 Å². The van der Waals surface area contributed by atoms with Crippen molar-refractivity contribution in [2.75, 3.05) is 0 Å². The van der Waals surface area contributed by atoms with Crippen molar-refractivity contribution in [1.82, 2.24) is 5.32 Å². The van der Waals surface area contributed by atoms with Crippen LogP contribution in [0, 0.1) is 5.92 Å². The second kappa shape index (κ2) is 6.88. The van der Waals surface area contributed by atoms with Crippen molar-refractivity contribution in [3.05, 3.63) is 34.3 Å². The molecule has 0 bridgehead atoms. The second-order valence-corrected chi connectivity index (χ2v) is 6.08. The molecule has 108 valence electrons. The van der Waals surface area contributed by atoms with E-state index in [2.05, 4.69) is 21.2 Å². The fourth-order valence-corrected chi connectivity index (χ4v) is 3.00. The van der Waals surface area contributed by atoms with Gasteiger partial charge in [0.2, 0.25) is 5.91 Å². The maximum atomic E-state index is 12.0. The molecule has 1 fully saturated rings. The highest BCUT2D eigenvalue weighted by molar-refractivity contribution is 9.10. The number of nitrogens with one attached hydrogen (secondary N) is 1. The third-order valence-electron chi connectivity index (χ3n) is 3.75. The van der Waals surface area contributed by atoms with Gasteiger partial charge in [0.15, 0.2) is 0 Å². The zero-order valence-corrected chi connectivity index (χ0v) is 12.7. The predicted octanol–water partition coefficient (Wildman–Crippen LogP) is 2.75. The average Bonchev–Trinajstić information content (AvgIpc) is 2.42. The maximum Gasteiger partial charge on any atom is 0.306 e. The first-order valence-electron chi connectivity index (χ1n) is 6.82. The molecule has 1 aromatic rings. The van der Waals surface area contributed by atoms with Crippen molar-refractivity contribution >= 4 is 27.8 Å². The largest absolute Gasteiger partial charge is 0.481 e. The lowest BCUT2D eigenvalue weighted by molar-refractivity contribution is -0.142. The molecule has 0 heterocycles. The Hall–Kier alpha value is -1.36. The Morgan fingerprint density at radius 1 is 1.20 bits per heavy atom. The second-order valence-electron chi connectivity index (χ2n) is 5.22. The zero-order chi connectivity index (χ0) is 14.5. The van der Waals surface area contributed by atoms with E-state index in [9.17, 15) is 9.59 Å². The van der Waals surface area contributed by atoms with E-state index in [4.69, 9.17) is 5.11 Å². The summed E-state index contributed by atoms with van der Waals surface area (Å²) in [6.45, 7) is 0. The summed E-state index contributed by atoms with van der Waals surface area (Å²) in [7, 11) is 0. The van der Waals surface area contributed by atoms with E-state index in [1.165, 1.54) is 0 Å². The van der Waals surface area contributed by atoms with E-state index < -0.39 is 5.97 Å². The highest BCUT2D eigenvalue weighted by atomic mass is 79.9. The summed E-state index contributed by atoms with van der Waals surface area (Å²) in [5.41, 5.74) is 0.962. The molecule has 2 rings (SSSR count). The van der Waals surface area contributed by atoms with E-state index in [1.807, 2.05) is 24.3 Å². The summed E-state index contributed by atoms with van der Waals surface area (Å²) in [5.74, 6) is -0.968. The molecular formula is C15H18BrNO3. The number of carboxylic acid groups (broad SMARTS) is 1. The number of benzene rings is 1. The van der Waals surface area contributed by atoms with Gasteiger partial charge in [-0.1, -0.05) is 34.1 Å². The van der Waals surface area contributed by atoms with Gasteiger partial charge in [0.05, 0.1) is 12.3 Å². The summed E-state index contributed by atoms with van der Waals surface area (Å²) in [4.78, 5) is 22.9. The lowest BCUT2D eigenvalue weighted by Crippen LogP contribution is -2.39. The van der Waals surface area contributed by atoms with Crippen LogP contribution < -0.4 is 5.32 Å². The molecule has 20 heavy (non-hydrogen) atoms. The molecule has 1 aromatic carbocycles. The Morgan fingerprint density at radius 3 is 2.45 bits per heavy atom. The van der Waals surface area contributed by atoms with Crippen LogP contribution in [-0.2, 0) is 16.0 Å². The Labute approximate surface area is 126 Å². The van der Waals surface area contributed by atoms with Crippen LogP contribution in [0.4, 0.5) is 0 Å². The van der Waals surface area contributed by atoms with Crippen LogP contribution in [0.3, 0.4) is 0 Å². The molecule has 0 aromatic heterocycles. The van der Waals surface area contributed by atoms with Crippen LogP contribution in [-0.4, -0.2) is 23.0 Å². The standard InChI is InChI=1S/C15H18BrNO3/c16-13-4-2-1-3-11(13)9-14(18)17-12-7-5-10(6-8-12)15(19)20/h1-4,10,12H,5-9H2,(H,17,18)(H,19,20). The lowest BCUT2D eigenvalue weighted by atomic mass is 9.86. The molecule has 1 amide bonds. The number of hydrogen-bond donors (Lipinski definition) is 2. The molecule has 0 atom stereocenters. The maximum absolute atomic E-state index is 12.0. The van der Waals surface area contributed by atoms with Crippen molar-refractivity contribution in [2.45, 2.75) is 38.1 Å². The smallest absolute Gasteiger partial charge is 0.306 e. The van der Waals surface area contributed by atoms with Gasteiger partial charge in [-0.15, -0.1) is 0 Å². The highest BCUT2D eigenvalue weighted by Gasteiger charge is 2.26. The average molecular weight is 340 g/mol. The molecule has 0 aliphatic heterocycles. The molecular weight excluding hydrogens is 322 g/mol. The van der Waals surface area contributed by atoms with Crippen molar-refractivity contribution in [3.8, 4) is 0 Å². The van der Waals surface area contributed by atoms with Gasteiger partial charge in [-0.2, -0.15) is 0 Å². The lowest BCUT2D eigenvalue weighted by Gasteiger charge is -2.26. The van der Waals surface area contributed by atoms with Crippen LogP contribution in [0.5, 0.6) is 0 Å². The Morgan fingerprint density at radius 2 is 1.85 bits per heavy atom. The van der Waals surface area contributed by atoms with Crippen LogP contribution in [0.25, 0.3) is 0 Å². The quantitative estimate of drug-likeness (QED) is 0.886. The van der Waals surface area contributed by atoms with Crippen molar-refractivity contribution < 1.29 is 14.7 Å². The fraction of sp³-hybridized carbons (Fsp3) is 0.467. The number of carbonyl (C=O) groups is 2. The molecule has 1 aliphatic rings. The van der Waals surface area contributed by atoms with Crippen molar-refractivity contribution in [2.24, 2.45) is 5.92 Å². The zero-order valence-electron chi connectivity index (χ0n) is 11.1. The van der Waals surface area contributed by atoms with Gasteiger partial charge in [0.1, 0.15) is 0 Å². The molecule has 0 saturated heterocycles. The topological polar surface area (TPSA) is 66.4 Å². The molecule has 2 N–H and O–H groups in total. The minimum atomic E-state index is -0.719. The number of carbonyl (C=O) groups excluding carboxylic acids is 1. The van der Waals surface area contributed by atoms with E-state index in [0.717, 1.165) is 22.9 Å². The third-order valence-corrected chi connectivity index (χ3v) is 4.52. The number of aliphatic carboxylic acids is 1. The van der Waals surface area contributed by atoms with E-state index in [0.29, 0.717) is 19.3 Å². The van der Waals surface area contributed by atoms with Gasteiger partial charge in [0.25, 0.3) is 0 Å². The minimum Gasteiger partial charge on any atom is -0.481 e. The minimum absolute atomic E-state index is 0.00400. The highest BCUT2D eigenvalue weighted by Crippen LogP contribution is 2.24. The fourth-order valence-electron chi connectivity index (χ4n) is 2.58. The van der Waals surface area contributed by atoms with Crippen molar-refractivity contribution in [1.29, 1.82) is 0 Å². The molecule has 0 radical (unpaired) electrons. The third kappa shape index (κ3) is 4.07. The van der Waals surface area contributed by atoms with Gasteiger partial charge < -0.3 is 10.4 Å². The number of amides is 1. The van der Waals surface area contributed by atoms with Gasteiger partial charge >= 0.3 is 5.97 Å². The molecule has 1 aliphatic carbocycles. The molecule has 5 heteroatoms. The Balaban J connectivity index is 1.81. The summed E-state index contributed by atoms with van der Waals surface area (Å²) in [6.07, 6.45) is 3.14. The Kier molecular flexibility index (Phi) is 5.17. The first-order valence-corrected chi connectivity index (χ1v) is 7.61. The van der Waals surface area contributed by atoms with Crippen LogP contribution in [0.15, 0.2) is 28.7 Å². The number of halogens is 1. The van der Waals surface area contributed by atoms with Crippen molar-refractivity contribution in [3.63, 3.8) is 0 Å². The Bertz CT molecular complexity index is 496. The summed E-state index contributed by atoms with van der Waals surface area (Å²) in [5, 5.41) is 11.9. The first kappa shape index (κ1) is 15.0. The first-order chi connectivity index (χ1) is 9.56. The number of hydrogen-bond acceptors (Lipinski definition) is 2. The normalized spacial score (nSPS) is 22.2.